The fraction of sp³-hybridized carbons (Fsp3) is 0.111. The normalized spacial score (nSPS) is 10.0. The Morgan fingerprint density at radius 2 is 2.42 bits per heavy atom. The van der Waals surface area contributed by atoms with Crippen molar-refractivity contribution in [2.24, 2.45) is 0 Å². The number of nitriles is 1. The van der Waals surface area contributed by atoms with Crippen LogP contribution in [0.15, 0.2) is 18.3 Å². The zero-order valence-electron chi connectivity index (χ0n) is 6.63. The Balaban J connectivity index is 2.93. The van der Waals surface area contributed by atoms with E-state index < -0.39 is 0 Å². The monoisotopic (exact) mass is 157 g/mol. The van der Waals surface area contributed by atoms with Crippen molar-refractivity contribution in [2.45, 2.75) is 6.92 Å². The molecule has 2 aromatic heterocycles. The number of aryl methyl sites for hydroxylation is 1. The molecule has 2 aromatic rings. The van der Waals surface area contributed by atoms with Crippen LogP contribution in [0.5, 0.6) is 0 Å². The van der Waals surface area contributed by atoms with Crippen molar-refractivity contribution in [3.05, 3.63) is 29.6 Å². The van der Waals surface area contributed by atoms with Gasteiger partial charge >= 0.3 is 0 Å². The zero-order chi connectivity index (χ0) is 8.55. The third-order valence-corrected chi connectivity index (χ3v) is 1.87. The molecule has 1 N–H and O–H groups in total. The van der Waals surface area contributed by atoms with E-state index in [0.717, 1.165) is 16.7 Å². The number of nitrogens with zero attached hydrogens (tertiary/aromatic N) is 2. The van der Waals surface area contributed by atoms with Crippen LogP contribution < -0.4 is 0 Å². The summed E-state index contributed by atoms with van der Waals surface area (Å²) in [6.45, 7) is 1.88. The van der Waals surface area contributed by atoms with Crippen LogP contribution in [-0.2, 0) is 0 Å². The summed E-state index contributed by atoms with van der Waals surface area (Å²) in [5.41, 5.74) is 2.36. The second-order valence-electron chi connectivity index (χ2n) is 2.64. The van der Waals surface area contributed by atoms with E-state index in [4.69, 9.17) is 5.26 Å². The fourth-order valence-electron chi connectivity index (χ4n) is 1.29. The first-order chi connectivity index (χ1) is 5.83. The number of H-pyrrole nitrogens is 1. The maximum atomic E-state index is 8.81. The van der Waals surface area contributed by atoms with Gasteiger partial charge in [-0.05, 0) is 19.1 Å². The highest BCUT2D eigenvalue weighted by Gasteiger charge is 2.06. The van der Waals surface area contributed by atoms with Gasteiger partial charge in [-0.1, -0.05) is 0 Å². The van der Waals surface area contributed by atoms with Gasteiger partial charge in [0.15, 0.2) is 0 Å². The van der Waals surface area contributed by atoms with Gasteiger partial charge in [0.2, 0.25) is 0 Å². The summed E-state index contributed by atoms with van der Waals surface area (Å²) in [7, 11) is 0. The van der Waals surface area contributed by atoms with Gasteiger partial charge in [-0.3, -0.25) is 0 Å². The SMILES string of the molecule is Cc1[nH]c2ncccc2c1C#N. The van der Waals surface area contributed by atoms with Crippen LogP contribution in [0.3, 0.4) is 0 Å². The lowest BCUT2D eigenvalue weighted by molar-refractivity contribution is 1.24. The molecule has 0 fully saturated rings. The lowest BCUT2D eigenvalue weighted by Gasteiger charge is -1.85. The molecule has 2 heterocycles. The van der Waals surface area contributed by atoms with Crippen LogP contribution in [0.2, 0.25) is 0 Å². The van der Waals surface area contributed by atoms with Crippen LogP contribution in [-0.4, -0.2) is 9.97 Å². The molecule has 0 spiro atoms. The van der Waals surface area contributed by atoms with Gasteiger partial charge in [-0.15, -0.1) is 0 Å². The molecule has 0 aliphatic heterocycles. The third kappa shape index (κ3) is 0.785. The molecule has 0 bridgehead atoms. The van der Waals surface area contributed by atoms with Gasteiger partial charge in [0.25, 0.3) is 0 Å². The molecular weight excluding hydrogens is 150 g/mol. The Bertz CT molecular complexity index is 462. The molecule has 0 atom stereocenters. The number of pyridine rings is 1. The molecule has 0 saturated carbocycles. The van der Waals surface area contributed by atoms with E-state index in [1.54, 1.807) is 6.20 Å². The van der Waals surface area contributed by atoms with E-state index >= 15 is 0 Å². The third-order valence-electron chi connectivity index (χ3n) is 1.87. The van der Waals surface area contributed by atoms with Crippen molar-refractivity contribution >= 4 is 11.0 Å². The Labute approximate surface area is 69.7 Å². The van der Waals surface area contributed by atoms with Crippen molar-refractivity contribution in [3.8, 4) is 6.07 Å². The Morgan fingerprint density at radius 3 is 3.17 bits per heavy atom. The van der Waals surface area contributed by atoms with Gasteiger partial charge in [0, 0.05) is 17.3 Å². The number of fused-ring (bicyclic) bond motifs is 1. The minimum absolute atomic E-state index is 0.693. The fourth-order valence-corrected chi connectivity index (χ4v) is 1.29. The van der Waals surface area contributed by atoms with Crippen molar-refractivity contribution in [1.82, 2.24) is 9.97 Å². The van der Waals surface area contributed by atoms with E-state index in [1.807, 2.05) is 19.1 Å². The molecule has 0 radical (unpaired) electrons. The molecule has 3 heteroatoms. The van der Waals surface area contributed by atoms with Crippen molar-refractivity contribution in [3.63, 3.8) is 0 Å². The predicted octanol–water partition coefficient (Wildman–Crippen LogP) is 1.74. The molecule has 2 rings (SSSR count). The molecule has 0 aliphatic rings. The van der Waals surface area contributed by atoms with Gasteiger partial charge in [-0.25, -0.2) is 4.98 Å². The predicted molar refractivity (Wildman–Crippen MR) is 45.5 cm³/mol. The summed E-state index contributed by atoms with van der Waals surface area (Å²) in [4.78, 5) is 7.15. The van der Waals surface area contributed by atoms with Gasteiger partial charge in [-0.2, -0.15) is 5.26 Å². The topological polar surface area (TPSA) is 52.5 Å². The van der Waals surface area contributed by atoms with Gasteiger partial charge < -0.3 is 4.98 Å². The number of aromatic amines is 1. The first-order valence-corrected chi connectivity index (χ1v) is 3.66. The highest BCUT2D eigenvalue weighted by molar-refractivity contribution is 5.83. The number of hydrogen-bond acceptors (Lipinski definition) is 2. The molecule has 0 saturated heterocycles. The minimum Gasteiger partial charge on any atom is -0.342 e. The summed E-state index contributed by atoms with van der Waals surface area (Å²) in [6, 6.07) is 5.87. The maximum Gasteiger partial charge on any atom is 0.138 e. The lowest BCUT2D eigenvalue weighted by Crippen LogP contribution is -1.73. The number of nitrogens with one attached hydrogen (secondary N) is 1. The summed E-state index contributed by atoms with van der Waals surface area (Å²) in [6.07, 6.45) is 1.71. The zero-order valence-corrected chi connectivity index (χ0v) is 6.63. The average Bonchev–Trinajstić information content (AvgIpc) is 2.40. The second kappa shape index (κ2) is 2.35. The maximum absolute atomic E-state index is 8.81. The summed E-state index contributed by atoms with van der Waals surface area (Å²) < 4.78 is 0. The second-order valence-corrected chi connectivity index (χ2v) is 2.64. The average molecular weight is 157 g/mol. The highest BCUT2D eigenvalue weighted by Crippen LogP contribution is 2.18. The Kier molecular flexibility index (Phi) is 1.34. The highest BCUT2D eigenvalue weighted by atomic mass is 14.9. The lowest BCUT2D eigenvalue weighted by atomic mass is 10.2. The largest absolute Gasteiger partial charge is 0.342 e. The molecular formula is C9H7N3. The molecule has 3 nitrogen and oxygen atoms in total. The van der Waals surface area contributed by atoms with Crippen molar-refractivity contribution in [2.75, 3.05) is 0 Å². The smallest absolute Gasteiger partial charge is 0.138 e. The van der Waals surface area contributed by atoms with Crippen LogP contribution in [0, 0.1) is 18.3 Å². The van der Waals surface area contributed by atoms with Crippen molar-refractivity contribution < 1.29 is 0 Å². The van der Waals surface area contributed by atoms with E-state index in [2.05, 4.69) is 16.0 Å². The van der Waals surface area contributed by atoms with Crippen LogP contribution in [0.4, 0.5) is 0 Å². The van der Waals surface area contributed by atoms with E-state index in [1.165, 1.54) is 0 Å². The molecule has 0 aromatic carbocycles. The summed E-state index contributed by atoms with van der Waals surface area (Å²) in [5, 5.41) is 9.71. The van der Waals surface area contributed by atoms with Crippen LogP contribution in [0.25, 0.3) is 11.0 Å². The van der Waals surface area contributed by atoms with Crippen molar-refractivity contribution in [1.29, 1.82) is 5.26 Å². The quantitative estimate of drug-likeness (QED) is 0.633. The molecule has 0 aliphatic carbocycles. The number of aromatic nitrogens is 2. The standard InChI is InChI=1S/C9H7N3/c1-6-8(5-10)7-3-2-4-11-9(7)12-6/h2-4H,1H3,(H,11,12). The molecule has 58 valence electrons. The van der Waals surface area contributed by atoms with Gasteiger partial charge in [0.1, 0.15) is 11.7 Å². The Morgan fingerprint density at radius 1 is 1.58 bits per heavy atom. The Hall–Kier alpha value is -1.82. The number of rotatable bonds is 0. The summed E-state index contributed by atoms with van der Waals surface area (Å²) in [5.74, 6) is 0. The van der Waals surface area contributed by atoms with Crippen LogP contribution in [0.1, 0.15) is 11.3 Å². The van der Waals surface area contributed by atoms with Gasteiger partial charge in [0.05, 0.1) is 5.56 Å². The molecule has 12 heavy (non-hydrogen) atoms. The first kappa shape index (κ1) is 6.86. The number of hydrogen-bond donors (Lipinski definition) is 1. The summed E-state index contributed by atoms with van der Waals surface area (Å²) >= 11 is 0. The van der Waals surface area contributed by atoms with E-state index in [-0.39, 0.29) is 0 Å². The minimum atomic E-state index is 0.693. The van der Waals surface area contributed by atoms with E-state index in [9.17, 15) is 0 Å². The molecule has 0 unspecified atom stereocenters. The van der Waals surface area contributed by atoms with Crippen LogP contribution >= 0.6 is 0 Å². The first-order valence-electron chi connectivity index (χ1n) is 3.66. The van der Waals surface area contributed by atoms with E-state index in [0.29, 0.717) is 5.56 Å². The molecule has 0 amide bonds.